The third-order valence-electron chi connectivity index (χ3n) is 3.38. The summed E-state index contributed by atoms with van der Waals surface area (Å²) in [6.45, 7) is 4.08. The van der Waals surface area contributed by atoms with E-state index >= 15 is 0 Å². The van der Waals surface area contributed by atoms with E-state index in [1.807, 2.05) is 12.1 Å². The fourth-order valence-electron chi connectivity index (χ4n) is 2.40. The van der Waals surface area contributed by atoms with Crippen molar-refractivity contribution in [3.8, 4) is 0 Å². The summed E-state index contributed by atoms with van der Waals surface area (Å²) in [5.41, 5.74) is 0. The number of nitrogens with one attached hydrogen (secondary N) is 1. The molecule has 1 aliphatic heterocycles. The summed E-state index contributed by atoms with van der Waals surface area (Å²) in [5, 5.41) is 3.98. The molecule has 0 radical (unpaired) electrons. The van der Waals surface area contributed by atoms with Crippen molar-refractivity contribution in [2.24, 2.45) is 0 Å². The monoisotopic (exact) mass is 271 g/mol. The largest absolute Gasteiger partial charge is 0.448 e. The van der Waals surface area contributed by atoms with Gasteiger partial charge in [-0.25, -0.2) is 0 Å². The maximum atomic E-state index is 5.85. The van der Waals surface area contributed by atoms with Crippen LogP contribution in [0.3, 0.4) is 0 Å². The quantitative estimate of drug-likeness (QED) is 0.816. The number of hydrogen-bond donors (Lipinski definition) is 1. The lowest BCUT2D eigenvalue weighted by Crippen LogP contribution is -2.23. The maximum Gasteiger partial charge on any atom is 0.193 e. The molecule has 0 bridgehead atoms. The first kappa shape index (κ1) is 13.9. The van der Waals surface area contributed by atoms with Crippen LogP contribution in [-0.4, -0.2) is 19.3 Å². The molecule has 2 heterocycles. The highest BCUT2D eigenvalue weighted by molar-refractivity contribution is 6.28. The lowest BCUT2D eigenvalue weighted by atomic mass is 10.0. The molecule has 4 heteroatoms. The van der Waals surface area contributed by atoms with Gasteiger partial charge >= 0.3 is 0 Å². The summed E-state index contributed by atoms with van der Waals surface area (Å²) in [6.07, 6.45) is 6.06. The topological polar surface area (TPSA) is 34.4 Å². The Kier molecular flexibility index (Phi) is 5.54. The molecule has 0 aliphatic carbocycles. The van der Waals surface area contributed by atoms with Gasteiger partial charge in [-0.1, -0.05) is 6.92 Å². The molecule has 1 saturated heterocycles. The molecule has 3 nitrogen and oxygen atoms in total. The smallest absolute Gasteiger partial charge is 0.193 e. The van der Waals surface area contributed by atoms with E-state index in [4.69, 9.17) is 20.8 Å². The van der Waals surface area contributed by atoms with Crippen LogP contribution in [0.4, 0.5) is 0 Å². The summed E-state index contributed by atoms with van der Waals surface area (Å²) in [6, 6.07) is 4.02. The summed E-state index contributed by atoms with van der Waals surface area (Å²) in [4.78, 5) is 0. The fraction of sp³-hybridized carbons (Fsp3) is 0.714. The van der Waals surface area contributed by atoms with Crippen LogP contribution in [0.25, 0.3) is 0 Å². The summed E-state index contributed by atoms with van der Waals surface area (Å²) in [7, 11) is 0. The van der Waals surface area contributed by atoms with Crippen LogP contribution in [0.1, 0.15) is 50.8 Å². The van der Waals surface area contributed by atoms with E-state index in [1.54, 1.807) is 0 Å². The molecule has 18 heavy (non-hydrogen) atoms. The normalized spacial score (nSPS) is 21.3. The molecule has 0 amide bonds. The van der Waals surface area contributed by atoms with Crippen molar-refractivity contribution in [2.45, 2.75) is 51.2 Å². The SMILES string of the molecule is CCCNC(CCC1CCCO1)c1ccc(Cl)o1. The highest BCUT2D eigenvalue weighted by atomic mass is 35.5. The predicted octanol–water partition coefficient (Wildman–Crippen LogP) is 3.93. The zero-order chi connectivity index (χ0) is 12.8. The van der Waals surface area contributed by atoms with E-state index in [9.17, 15) is 0 Å². The molecule has 0 spiro atoms. The van der Waals surface area contributed by atoms with Crippen LogP contribution in [0.5, 0.6) is 0 Å². The molecule has 1 aromatic rings. The first-order valence-corrected chi connectivity index (χ1v) is 7.27. The van der Waals surface area contributed by atoms with Gasteiger partial charge in [0.05, 0.1) is 12.1 Å². The number of rotatable bonds is 7. The van der Waals surface area contributed by atoms with Gasteiger partial charge < -0.3 is 14.5 Å². The van der Waals surface area contributed by atoms with Crippen LogP contribution in [0.15, 0.2) is 16.5 Å². The van der Waals surface area contributed by atoms with Gasteiger partial charge in [-0.05, 0) is 62.4 Å². The number of ether oxygens (including phenoxy) is 1. The first-order valence-electron chi connectivity index (χ1n) is 6.90. The highest BCUT2D eigenvalue weighted by Crippen LogP contribution is 2.26. The second-order valence-corrected chi connectivity index (χ2v) is 5.23. The first-order chi connectivity index (χ1) is 8.79. The lowest BCUT2D eigenvalue weighted by molar-refractivity contribution is 0.0988. The molecule has 1 aliphatic rings. The Morgan fingerprint density at radius 3 is 3.00 bits per heavy atom. The molecule has 1 fully saturated rings. The van der Waals surface area contributed by atoms with Crippen molar-refractivity contribution in [1.29, 1.82) is 0 Å². The maximum absolute atomic E-state index is 5.85. The average molecular weight is 272 g/mol. The Morgan fingerprint density at radius 1 is 1.50 bits per heavy atom. The van der Waals surface area contributed by atoms with E-state index in [-0.39, 0.29) is 6.04 Å². The van der Waals surface area contributed by atoms with Crippen LogP contribution in [0, 0.1) is 0 Å². The minimum atomic E-state index is 0.252. The third kappa shape index (κ3) is 4.01. The summed E-state index contributed by atoms with van der Waals surface area (Å²) >= 11 is 5.85. The molecule has 2 rings (SSSR count). The van der Waals surface area contributed by atoms with Crippen molar-refractivity contribution in [3.63, 3.8) is 0 Å². The Morgan fingerprint density at radius 2 is 2.39 bits per heavy atom. The Bertz CT molecular complexity index is 347. The third-order valence-corrected chi connectivity index (χ3v) is 3.58. The van der Waals surface area contributed by atoms with Crippen LogP contribution in [0.2, 0.25) is 5.22 Å². The minimum Gasteiger partial charge on any atom is -0.448 e. The van der Waals surface area contributed by atoms with E-state index in [0.717, 1.165) is 38.2 Å². The van der Waals surface area contributed by atoms with Gasteiger partial charge in [-0.2, -0.15) is 0 Å². The van der Waals surface area contributed by atoms with Gasteiger partial charge in [0.25, 0.3) is 0 Å². The van der Waals surface area contributed by atoms with Crippen LogP contribution in [-0.2, 0) is 4.74 Å². The van der Waals surface area contributed by atoms with E-state index in [1.165, 1.54) is 12.8 Å². The molecule has 2 atom stereocenters. The fourth-order valence-corrected chi connectivity index (χ4v) is 2.56. The van der Waals surface area contributed by atoms with Crippen molar-refractivity contribution in [3.05, 3.63) is 23.1 Å². The van der Waals surface area contributed by atoms with Gasteiger partial charge in [0.1, 0.15) is 5.76 Å². The Balaban J connectivity index is 1.87. The zero-order valence-electron chi connectivity index (χ0n) is 11.0. The Hall–Kier alpha value is -0.510. The number of halogens is 1. The average Bonchev–Trinajstić information content (AvgIpc) is 3.01. The van der Waals surface area contributed by atoms with Gasteiger partial charge in [0.2, 0.25) is 0 Å². The van der Waals surface area contributed by atoms with Crippen molar-refractivity contribution >= 4 is 11.6 Å². The van der Waals surface area contributed by atoms with Crippen LogP contribution < -0.4 is 5.32 Å². The molecule has 0 saturated carbocycles. The minimum absolute atomic E-state index is 0.252. The van der Waals surface area contributed by atoms with Gasteiger partial charge in [0.15, 0.2) is 5.22 Å². The molecule has 102 valence electrons. The summed E-state index contributed by atoms with van der Waals surface area (Å²) < 4.78 is 11.2. The van der Waals surface area contributed by atoms with Gasteiger partial charge in [0, 0.05) is 6.61 Å². The number of furan rings is 1. The molecule has 0 aromatic carbocycles. The molecule has 1 N–H and O–H groups in total. The van der Waals surface area contributed by atoms with E-state index in [0.29, 0.717) is 11.3 Å². The van der Waals surface area contributed by atoms with Crippen molar-refractivity contribution < 1.29 is 9.15 Å². The number of hydrogen-bond acceptors (Lipinski definition) is 3. The second kappa shape index (κ2) is 7.17. The van der Waals surface area contributed by atoms with E-state index < -0.39 is 0 Å². The molecular weight excluding hydrogens is 250 g/mol. The predicted molar refractivity (Wildman–Crippen MR) is 73.0 cm³/mol. The Labute approximate surface area is 114 Å². The molecule has 1 aromatic heterocycles. The van der Waals surface area contributed by atoms with Crippen molar-refractivity contribution in [1.82, 2.24) is 5.32 Å². The van der Waals surface area contributed by atoms with Crippen LogP contribution >= 0.6 is 11.6 Å². The van der Waals surface area contributed by atoms with E-state index in [2.05, 4.69) is 12.2 Å². The van der Waals surface area contributed by atoms with Gasteiger partial charge in [-0.3, -0.25) is 0 Å². The molecule has 2 unspecified atom stereocenters. The summed E-state index contributed by atoms with van der Waals surface area (Å²) in [5.74, 6) is 0.937. The standard InChI is InChI=1S/C14H22ClNO2/c1-2-9-16-12(13-7-8-14(15)18-13)6-5-11-4-3-10-17-11/h7-8,11-12,16H,2-6,9-10H2,1H3. The lowest BCUT2D eigenvalue weighted by Gasteiger charge is -2.18. The second-order valence-electron chi connectivity index (χ2n) is 4.86. The van der Waals surface area contributed by atoms with Gasteiger partial charge in [-0.15, -0.1) is 0 Å². The molecular formula is C14H22ClNO2. The zero-order valence-corrected chi connectivity index (χ0v) is 11.7. The highest BCUT2D eigenvalue weighted by Gasteiger charge is 2.20. The van der Waals surface area contributed by atoms with Crippen molar-refractivity contribution in [2.75, 3.05) is 13.2 Å².